The molecule has 0 saturated heterocycles. The molecule has 0 aromatic carbocycles. The minimum Gasteiger partial charge on any atom is -0.468 e. The largest absolute Gasteiger partial charge is 0.468 e. The van der Waals surface area contributed by atoms with Gasteiger partial charge in [-0.15, -0.1) is 0 Å². The lowest BCUT2D eigenvalue weighted by Gasteiger charge is -2.48. The van der Waals surface area contributed by atoms with E-state index in [1.165, 1.54) is 14.2 Å². The fraction of sp³-hybridized carbons (Fsp3) is 0.909. The number of ether oxygens (including phenoxy) is 3. The number of methoxy groups -OCH3 is 3. The summed E-state index contributed by atoms with van der Waals surface area (Å²) in [4.78, 5) is 26.5. The molecule has 0 aliphatic heterocycles. The predicted molar refractivity (Wildman–Crippen MR) is 115 cm³/mol. The van der Waals surface area contributed by atoms with E-state index in [2.05, 4.69) is 41.5 Å². The Morgan fingerprint density at radius 3 is 1.57 bits per heavy atom. The van der Waals surface area contributed by atoms with Crippen LogP contribution in [0.4, 0.5) is 0 Å². The van der Waals surface area contributed by atoms with Crippen molar-refractivity contribution in [2.24, 2.45) is 16.7 Å². The molecule has 0 aromatic rings. The molecule has 5 nitrogen and oxygen atoms in total. The number of carbonyl (C=O) groups excluding carboxylic acids is 2. The van der Waals surface area contributed by atoms with Gasteiger partial charge in [0.15, 0.2) is 5.41 Å². The highest BCUT2D eigenvalue weighted by atomic mass is 28.3. The maximum Gasteiger partial charge on any atom is 0.324 e. The molecule has 0 N–H and O–H groups in total. The monoisotopic (exact) mass is 414 g/mol. The quantitative estimate of drug-likeness (QED) is 0.316. The molecule has 2 atom stereocenters. The smallest absolute Gasteiger partial charge is 0.324 e. The lowest BCUT2D eigenvalue weighted by Crippen LogP contribution is -2.57. The van der Waals surface area contributed by atoms with Gasteiger partial charge >= 0.3 is 11.9 Å². The Labute approximate surface area is 172 Å². The Bertz CT molecular complexity index is 529. The van der Waals surface area contributed by atoms with E-state index in [4.69, 9.17) is 14.2 Å². The highest BCUT2D eigenvalue weighted by Crippen LogP contribution is 2.62. The van der Waals surface area contributed by atoms with Crippen LogP contribution in [0.25, 0.3) is 0 Å². The Morgan fingerprint density at radius 2 is 1.29 bits per heavy atom. The molecule has 0 bridgehead atoms. The van der Waals surface area contributed by atoms with Crippen molar-refractivity contribution in [2.75, 3.05) is 21.3 Å². The highest BCUT2D eigenvalue weighted by Gasteiger charge is 2.71. The van der Waals surface area contributed by atoms with Crippen molar-refractivity contribution in [3.05, 3.63) is 0 Å². The van der Waals surface area contributed by atoms with Crippen LogP contribution in [-0.2, 0) is 23.8 Å². The Morgan fingerprint density at radius 1 is 0.893 bits per heavy atom. The van der Waals surface area contributed by atoms with Gasteiger partial charge in [-0.3, -0.25) is 9.59 Å². The van der Waals surface area contributed by atoms with Gasteiger partial charge in [0.1, 0.15) is 0 Å². The van der Waals surface area contributed by atoms with Crippen molar-refractivity contribution in [2.45, 2.75) is 90.6 Å². The summed E-state index contributed by atoms with van der Waals surface area (Å²) in [5, 5.41) is 0. The molecule has 0 aromatic heterocycles. The third-order valence-corrected chi connectivity index (χ3v) is 15.7. The number of hydrogen-bond donors (Lipinski definition) is 0. The molecule has 28 heavy (non-hydrogen) atoms. The average molecular weight is 415 g/mol. The minimum atomic E-state index is -1.87. The number of hydrogen-bond acceptors (Lipinski definition) is 5. The molecule has 0 unspecified atom stereocenters. The van der Waals surface area contributed by atoms with Crippen molar-refractivity contribution < 1.29 is 23.8 Å². The molecular formula is C22H42O5Si. The second-order valence-corrected chi connectivity index (χ2v) is 16.0. The first-order valence-corrected chi connectivity index (χ1v) is 13.0. The van der Waals surface area contributed by atoms with Gasteiger partial charge in [0.05, 0.1) is 28.4 Å². The van der Waals surface area contributed by atoms with Gasteiger partial charge in [-0.25, -0.2) is 0 Å². The highest BCUT2D eigenvalue weighted by molar-refractivity contribution is 6.83. The fourth-order valence-electron chi connectivity index (χ4n) is 6.54. The average Bonchev–Trinajstić information content (AvgIpc) is 2.83. The van der Waals surface area contributed by atoms with Crippen LogP contribution >= 0.6 is 0 Å². The third-order valence-electron chi connectivity index (χ3n) is 8.06. The van der Waals surface area contributed by atoms with E-state index in [0.29, 0.717) is 23.0 Å². The van der Waals surface area contributed by atoms with Gasteiger partial charge in [0.25, 0.3) is 0 Å². The van der Waals surface area contributed by atoms with Crippen LogP contribution in [0.3, 0.4) is 0 Å². The molecule has 0 heterocycles. The van der Waals surface area contributed by atoms with Crippen molar-refractivity contribution in [3.63, 3.8) is 0 Å². The number of esters is 2. The van der Waals surface area contributed by atoms with E-state index >= 15 is 0 Å². The first-order chi connectivity index (χ1) is 12.8. The standard InChI is InChI=1S/C22H42O5Si/c1-14(2)28(15(3)4,16(5)6)13-17-12-18(25-9)21(7,8)22(17,19(23)26-10)20(24)27-11/h14-18H,12-13H2,1-11H3/t17-,18+/m0/s1. The summed E-state index contributed by atoms with van der Waals surface area (Å²) in [6.45, 7) is 17.7. The summed E-state index contributed by atoms with van der Waals surface area (Å²) < 4.78 is 16.3. The van der Waals surface area contributed by atoms with Gasteiger partial charge in [-0.1, -0.05) is 78.1 Å². The van der Waals surface area contributed by atoms with E-state index in [0.717, 1.165) is 6.04 Å². The van der Waals surface area contributed by atoms with Gasteiger partial charge in [0, 0.05) is 12.5 Å². The lowest BCUT2D eigenvalue weighted by atomic mass is 9.63. The van der Waals surface area contributed by atoms with Crippen LogP contribution in [0.2, 0.25) is 22.7 Å². The second-order valence-electron chi connectivity index (χ2n) is 9.95. The van der Waals surface area contributed by atoms with Crippen molar-refractivity contribution in [1.82, 2.24) is 0 Å². The van der Waals surface area contributed by atoms with E-state index in [1.807, 2.05) is 13.8 Å². The van der Waals surface area contributed by atoms with Crippen LogP contribution in [0, 0.1) is 16.7 Å². The minimum absolute atomic E-state index is 0.161. The summed E-state index contributed by atoms with van der Waals surface area (Å²) in [7, 11) is 2.50. The Kier molecular flexibility index (Phi) is 7.96. The molecule has 1 saturated carbocycles. The van der Waals surface area contributed by atoms with E-state index < -0.39 is 30.8 Å². The maximum absolute atomic E-state index is 13.3. The molecule has 6 heteroatoms. The Balaban J connectivity index is 3.73. The zero-order chi connectivity index (χ0) is 22.1. The van der Waals surface area contributed by atoms with Gasteiger partial charge in [-0.05, 0) is 12.3 Å². The zero-order valence-electron chi connectivity index (χ0n) is 19.8. The third kappa shape index (κ3) is 3.45. The van der Waals surface area contributed by atoms with Crippen molar-refractivity contribution >= 4 is 20.0 Å². The zero-order valence-corrected chi connectivity index (χ0v) is 20.8. The van der Waals surface area contributed by atoms with Crippen molar-refractivity contribution in [3.8, 4) is 0 Å². The van der Waals surface area contributed by atoms with Crippen LogP contribution < -0.4 is 0 Å². The molecule has 0 radical (unpaired) electrons. The molecule has 1 aliphatic rings. The number of rotatable bonds is 8. The maximum atomic E-state index is 13.3. The SMILES string of the molecule is COC(=O)C1(C(=O)OC)[C@H](C[Si](C(C)C)(C(C)C)C(C)C)C[C@@H](OC)C1(C)C. The summed E-state index contributed by atoms with van der Waals surface area (Å²) in [6, 6.07) is 0.882. The van der Waals surface area contributed by atoms with Crippen LogP contribution in [0.5, 0.6) is 0 Å². The van der Waals surface area contributed by atoms with Gasteiger partial charge < -0.3 is 14.2 Å². The molecule has 0 amide bonds. The second kappa shape index (κ2) is 8.86. The van der Waals surface area contributed by atoms with Crippen LogP contribution in [-0.4, -0.2) is 47.4 Å². The first kappa shape index (κ1) is 25.2. The van der Waals surface area contributed by atoms with Gasteiger partial charge in [-0.2, -0.15) is 0 Å². The Hall–Kier alpha value is -0.883. The van der Waals surface area contributed by atoms with Crippen LogP contribution in [0.15, 0.2) is 0 Å². The lowest BCUT2D eigenvalue weighted by molar-refractivity contribution is -0.183. The van der Waals surface area contributed by atoms with E-state index in [1.54, 1.807) is 7.11 Å². The summed E-state index contributed by atoms with van der Waals surface area (Å²) >= 11 is 0. The normalized spacial score (nSPS) is 24.1. The van der Waals surface area contributed by atoms with E-state index in [9.17, 15) is 9.59 Å². The molecule has 1 aliphatic carbocycles. The molecule has 1 rings (SSSR count). The summed E-state index contributed by atoms with van der Waals surface area (Å²) in [5.41, 5.74) is -0.480. The molecule has 164 valence electrons. The summed E-state index contributed by atoms with van der Waals surface area (Å²) in [6.07, 6.45) is 0.447. The topological polar surface area (TPSA) is 61.8 Å². The molecule has 0 spiro atoms. The van der Waals surface area contributed by atoms with E-state index in [-0.39, 0.29) is 12.0 Å². The number of carbonyl (C=O) groups is 2. The predicted octanol–water partition coefficient (Wildman–Crippen LogP) is 5.06. The fourth-order valence-corrected chi connectivity index (χ4v) is 13.3. The van der Waals surface area contributed by atoms with Gasteiger partial charge in [0.2, 0.25) is 0 Å². The molecular weight excluding hydrogens is 372 g/mol. The first-order valence-electron chi connectivity index (χ1n) is 10.5. The summed E-state index contributed by atoms with van der Waals surface area (Å²) in [5.74, 6) is -1.15. The molecule has 1 fully saturated rings. The van der Waals surface area contributed by atoms with Crippen molar-refractivity contribution in [1.29, 1.82) is 0 Å². The van der Waals surface area contributed by atoms with Crippen LogP contribution in [0.1, 0.15) is 61.8 Å².